The van der Waals surface area contributed by atoms with Crippen LogP contribution in [-0.4, -0.2) is 55.6 Å². The second-order valence-electron chi connectivity index (χ2n) is 5.46. The Balaban J connectivity index is 1.68. The Morgan fingerprint density at radius 3 is 2.80 bits per heavy atom. The largest absolute Gasteiger partial charge is 0.401 e. The van der Waals surface area contributed by atoms with Crippen LogP contribution in [0.15, 0.2) is 0 Å². The molecule has 2 aliphatic rings. The van der Waals surface area contributed by atoms with Gasteiger partial charge in [0.15, 0.2) is 0 Å². The maximum absolute atomic E-state index is 12.2. The number of nitrogens with one attached hydrogen (secondary N) is 2. The molecule has 0 aliphatic carbocycles. The van der Waals surface area contributed by atoms with Gasteiger partial charge in [0.2, 0.25) is 11.8 Å². The molecule has 0 spiro atoms. The highest BCUT2D eigenvalue weighted by Gasteiger charge is 2.34. The Bertz CT molecular complexity index is 387. The fourth-order valence-corrected chi connectivity index (χ4v) is 2.66. The van der Waals surface area contributed by atoms with Crippen molar-refractivity contribution in [2.45, 2.75) is 19.0 Å². The van der Waals surface area contributed by atoms with Crippen LogP contribution in [0.4, 0.5) is 13.2 Å². The van der Waals surface area contributed by atoms with E-state index in [1.807, 2.05) is 0 Å². The minimum atomic E-state index is -4.17. The van der Waals surface area contributed by atoms with Gasteiger partial charge >= 0.3 is 6.18 Å². The minimum absolute atomic E-state index is 0.0476. The highest BCUT2D eigenvalue weighted by atomic mass is 19.4. The van der Waals surface area contributed by atoms with E-state index in [-0.39, 0.29) is 30.1 Å². The summed E-state index contributed by atoms with van der Waals surface area (Å²) in [5.41, 5.74) is 0. The van der Waals surface area contributed by atoms with Crippen LogP contribution in [0.5, 0.6) is 0 Å². The summed E-state index contributed by atoms with van der Waals surface area (Å²) in [5, 5.41) is 5.31. The molecule has 20 heavy (non-hydrogen) atoms. The summed E-state index contributed by atoms with van der Waals surface area (Å²) >= 11 is 0. The van der Waals surface area contributed by atoms with Crippen LogP contribution in [-0.2, 0) is 9.59 Å². The third kappa shape index (κ3) is 4.36. The molecule has 2 N–H and O–H groups in total. The number of hydrogen-bond donors (Lipinski definition) is 2. The Morgan fingerprint density at radius 1 is 1.45 bits per heavy atom. The summed E-state index contributed by atoms with van der Waals surface area (Å²) in [5.74, 6) is -0.637. The van der Waals surface area contributed by atoms with Gasteiger partial charge in [-0.2, -0.15) is 13.2 Å². The Morgan fingerprint density at radius 2 is 2.20 bits per heavy atom. The molecule has 0 aromatic rings. The number of halogens is 3. The first-order valence-electron chi connectivity index (χ1n) is 6.67. The fourth-order valence-electron chi connectivity index (χ4n) is 2.66. The second kappa shape index (κ2) is 5.99. The SMILES string of the molecule is O=C1CC(C(=O)NCC2CCN(CC(F)(F)F)C2)CN1. The van der Waals surface area contributed by atoms with Gasteiger partial charge in [-0.25, -0.2) is 0 Å². The third-order valence-corrected chi connectivity index (χ3v) is 3.69. The molecular formula is C12H18F3N3O2. The van der Waals surface area contributed by atoms with Gasteiger partial charge in [0, 0.05) is 26.1 Å². The van der Waals surface area contributed by atoms with Crippen molar-refractivity contribution < 1.29 is 22.8 Å². The molecule has 114 valence electrons. The maximum atomic E-state index is 12.2. The van der Waals surface area contributed by atoms with Gasteiger partial charge in [-0.15, -0.1) is 0 Å². The zero-order valence-electron chi connectivity index (χ0n) is 11.0. The predicted molar refractivity (Wildman–Crippen MR) is 64.7 cm³/mol. The first kappa shape index (κ1) is 15.1. The monoisotopic (exact) mass is 293 g/mol. The van der Waals surface area contributed by atoms with E-state index in [0.29, 0.717) is 32.6 Å². The Hall–Kier alpha value is -1.31. The second-order valence-corrected chi connectivity index (χ2v) is 5.46. The third-order valence-electron chi connectivity index (χ3n) is 3.69. The number of alkyl halides is 3. The Kier molecular flexibility index (Phi) is 4.52. The molecule has 2 fully saturated rings. The molecule has 2 atom stereocenters. The van der Waals surface area contributed by atoms with Crippen molar-refractivity contribution in [1.82, 2.24) is 15.5 Å². The molecule has 5 nitrogen and oxygen atoms in total. The maximum Gasteiger partial charge on any atom is 0.401 e. The van der Waals surface area contributed by atoms with Crippen LogP contribution in [0.25, 0.3) is 0 Å². The molecule has 0 aromatic carbocycles. The first-order valence-corrected chi connectivity index (χ1v) is 6.67. The van der Waals surface area contributed by atoms with E-state index < -0.39 is 12.7 Å². The van der Waals surface area contributed by atoms with Gasteiger partial charge in [-0.3, -0.25) is 14.5 Å². The van der Waals surface area contributed by atoms with Gasteiger partial charge in [-0.1, -0.05) is 0 Å². The summed E-state index contributed by atoms with van der Waals surface area (Å²) in [6.07, 6.45) is -3.33. The first-order chi connectivity index (χ1) is 9.33. The average Bonchev–Trinajstić information content (AvgIpc) is 2.93. The predicted octanol–water partition coefficient (Wildman–Crippen LogP) is 0.123. The number of rotatable bonds is 4. The van der Waals surface area contributed by atoms with Crippen LogP contribution < -0.4 is 10.6 Å². The molecule has 2 rings (SSSR count). The van der Waals surface area contributed by atoms with Crippen molar-refractivity contribution in [3.05, 3.63) is 0 Å². The number of carbonyl (C=O) groups excluding carboxylic acids is 2. The van der Waals surface area contributed by atoms with Crippen LogP contribution in [0, 0.1) is 11.8 Å². The summed E-state index contributed by atoms with van der Waals surface area (Å²) in [4.78, 5) is 24.1. The molecule has 2 saturated heterocycles. The number of hydrogen-bond acceptors (Lipinski definition) is 3. The summed E-state index contributed by atoms with van der Waals surface area (Å²) in [6.45, 7) is 0.580. The zero-order valence-corrected chi connectivity index (χ0v) is 11.0. The van der Waals surface area contributed by atoms with Gasteiger partial charge < -0.3 is 10.6 Å². The molecule has 2 heterocycles. The summed E-state index contributed by atoms with van der Waals surface area (Å²) in [6, 6.07) is 0. The normalized spacial score (nSPS) is 27.6. The molecular weight excluding hydrogens is 275 g/mol. The summed E-state index contributed by atoms with van der Waals surface area (Å²) in [7, 11) is 0. The summed E-state index contributed by atoms with van der Waals surface area (Å²) < 4.78 is 36.7. The van der Waals surface area contributed by atoms with Crippen molar-refractivity contribution in [3.8, 4) is 0 Å². The van der Waals surface area contributed by atoms with Crippen LogP contribution in [0.3, 0.4) is 0 Å². The lowest BCUT2D eigenvalue weighted by molar-refractivity contribution is -0.143. The van der Waals surface area contributed by atoms with E-state index in [9.17, 15) is 22.8 Å². The zero-order chi connectivity index (χ0) is 14.8. The lowest BCUT2D eigenvalue weighted by atomic mass is 10.1. The van der Waals surface area contributed by atoms with Crippen molar-refractivity contribution in [2.75, 3.05) is 32.7 Å². The van der Waals surface area contributed by atoms with E-state index in [1.54, 1.807) is 0 Å². The fraction of sp³-hybridized carbons (Fsp3) is 0.833. The van der Waals surface area contributed by atoms with Crippen LogP contribution >= 0.6 is 0 Å². The minimum Gasteiger partial charge on any atom is -0.355 e. The number of carbonyl (C=O) groups is 2. The Labute approximate surface area is 114 Å². The van der Waals surface area contributed by atoms with Crippen molar-refractivity contribution in [3.63, 3.8) is 0 Å². The van der Waals surface area contributed by atoms with Crippen LogP contribution in [0.2, 0.25) is 0 Å². The van der Waals surface area contributed by atoms with Crippen molar-refractivity contribution >= 4 is 11.8 Å². The van der Waals surface area contributed by atoms with E-state index in [1.165, 1.54) is 4.90 Å². The lowest BCUT2D eigenvalue weighted by Gasteiger charge is -2.18. The average molecular weight is 293 g/mol. The molecule has 2 aliphatic heterocycles. The molecule has 0 saturated carbocycles. The molecule has 0 bridgehead atoms. The number of amides is 2. The molecule has 0 aromatic heterocycles. The van der Waals surface area contributed by atoms with E-state index in [4.69, 9.17) is 0 Å². The van der Waals surface area contributed by atoms with E-state index in [2.05, 4.69) is 10.6 Å². The molecule has 2 unspecified atom stereocenters. The highest BCUT2D eigenvalue weighted by Crippen LogP contribution is 2.22. The lowest BCUT2D eigenvalue weighted by Crippen LogP contribution is -2.37. The van der Waals surface area contributed by atoms with Crippen LogP contribution in [0.1, 0.15) is 12.8 Å². The number of likely N-dealkylation sites (tertiary alicyclic amines) is 1. The van der Waals surface area contributed by atoms with E-state index in [0.717, 1.165) is 0 Å². The standard InChI is InChI=1S/C12H18F3N3O2/c13-12(14,15)7-18-2-1-8(6-18)4-17-11(20)9-3-10(19)16-5-9/h8-9H,1-7H2,(H,16,19)(H,17,20). The molecule has 2 amide bonds. The quantitative estimate of drug-likeness (QED) is 0.774. The number of nitrogens with zero attached hydrogens (tertiary/aromatic N) is 1. The van der Waals surface area contributed by atoms with Crippen molar-refractivity contribution in [2.24, 2.45) is 11.8 Å². The smallest absolute Gasteiger partial charge is 0.355 e. The molecule has 0 radical (unpaired) electrons. The van der Waals surface area contributed by atoms with Crippen molar-refractivity contribution in [1.29, 1.82) is 0 Å². The highest BCUT2D eigenvalue weighted by molar-refractivity contribution is 5.89. The van der Waals surface area contributed by atoms with Gasteiger partial charge in [-0.05, 0) is 18.9 Å². The van der Waals surface area contributed by atoms with Gasteiger partial charge in [0.1, 0.15) is 0 Å². The molecule has 8 heteroatoms. The topological polar surface area (TPSA) is 61.4 Å². The van der Waals surface area contributed by atoms with Gasteiger partial charge in [0.25, 0.3) is 0 Å². The van der Waals surface area contributed by atoms with Gasteiger partial charge in [0.05, 0.1) is 12.5 Å². The van der Waals surface area contributed by atoms with E-state index >= 15 is 0 Å².